The summed E-state index contributed by atoms with van der Waals surface area (Å²) in [6, 6.07) is 66.2. The van der Waals surface area contributed by atoms with E-state index in [-0.39, 0.29) is 0 Å². The van der Waals surface area contributed by atoms with Crippen molar-refractivity contribution < 1.29 is 0 Å². The van der Waals surface area contributed by atoms with Crippen LogP contribution in [0.5, 0.6) is 0 Å². The van der Waals surface area contributed by atoms with E-state index in [1.165, 1.54) is 11.0 Å². The normalized spacial score (nSPS) is 11.9. The second-order valence-corrected chi connectivity index (χ2v) is 18.1. The predicted molar refractivity (Wildman–Crippen MR) is 283 cm³/mol. The predicted octanol–water partition coefficient (Wildman–Crippen LogP) is 15.6. The Kier molecular flexibility index (Phi) is 8.62. The van der Waals surface area contributed by atoms with Crippen molar-refractivity contribution in [1.82, 2.24) is 18.3 Å². The number of benzene rings is 9. The lowest BCUT2D eigenvalue weighted by Crippen LogP contribution is -2.03. The van der Waals surface area contributed by atoms with Gasteiger partial charge in [0.2, 0.25) is 0 Å². The fraction of sp³-hybridized carbons (Fsp3) is 0.0968. The Labute approximate surface area is 392 Å². The van der Waals surface area contributed by atoms with Gasteiger partial charge in [-0.05, 0) is 109 Å². The molecule has 0 radical (unpaired) electrons. The maximum absolute atomic E-state index is 12.1. The summed E-state index contributed by atoms with van der Waals surface area (Å²) < 4.78 is 9.18. The summed E-state index contributed by atoms with van der Waals surface area (Å²) in [6.45, 7) is 6.00. The maximum atomic E-state index is 12.1. The van der Waals surface area contributed by atoms with Crippen LogP contribution in [0.15, 0.2) is 170 Å². The standard InChI is InChI=1S/C62H44N6/c1-5-67-55-21-13-9-17-43(55)47-33-39(25-29-57(47)67)61-49(35-63)59(37-23-27-53-45(31-37)41-15-7-11-19-51(41)65(53)3)60(38-24-28-54-46(32-38)42-16-8-12-20-52(42)66(54)4)50(36-64)62(61)40-26-30-58-48(34-40)44-18-10-14-22-56(44)68(58)6-2/h7-34H,5-6H2,1-4H3. The first kappa shape index (κ1) is 39.5. The smallest absolute Gasteiger partial charge is 0.100 e. The second-order valence-electron chi connectivity index (χ2n) is 18.1. The average Bonchev–Trinajstić information content (AvgIpc) is 4.08. The van der Waals surface area contributed by atoms with E-state index < -0.39 is 0 Å². The van der Waals surface area contributed by atoms with E-state index in [0.29, 0.717) is 11.1 Å². The molecule has 0 spiro atoms. The van der Waals surface area contributed by atoms with Crippen molar-refractivity contribution in [2.75, 3.05) is 0 Å². The summed E-state index contributed by atoms with van der Waals surface area (Å²) in [7, 11) is 4.22. The van der Waals surface area contributed by atoms with Crippen molar-refractivity contribution in [3.05, 3.63) is 181 Å². The minimum Gasteiger partial charge on any atom is -0.344 e. The van der Waals surface area contributed by atoms with Gasteiger partial charge in [-0.2, -0.15) is 10.5 Å². The van der Waals surface area contributed by atoms with Crippen molar-refractivity contribution in [3.63, 3.8) is 0 Å². The van der Waals surface area contributed by atoms with E-state index in [1.807, 2.05) is 0 Å². The third kappa shape index (κ3) is 5.37. The average molecular weight is 873 g/mol. The van der Waals surface area contributed by atoms with Crippen LogP contribution in [0.3, 0.4) is 0 Å². The summed E-state index contributed by atoms with van der Waals surface area (Å²) in [5.41, 5.74) is 16.7. The molecular formula is C62H44N6. The number of hydrogen-bond donors (Lipinski definition) is 0. The molecule has 4 heterocycles. The topological polar surface area (TPSA) is 67.3 Å². The summed E-state index contributed by atoms with van der Waals surface area (Å²) in [4.78, 5) is 0. The first-order chi connectivity index (χ1) is 33.4. The van der Waals surface area contributed by atoms with Crippen molar-refractivity contribution >= 4 is 87.2 Å². The van der Waals surface area contributed by atoms with Gasteiger partial charge in [0, 0.05) is 137 Å². The Morgan fingerprint density at radius 3 is 0.897 bits per heavy atom. The van der Waals surface area contributed by atoms with Crippen LogP contribution in [0.1, 0.15) is 25.0 Å². The third-order valence-corrected chi connectivity index (χ3v) is 14.9. The summed E-state index contributed by atoms with van der Waals surface area (Å²) >= 11 is 0. The Hall–Kier alpha value is -8.84. The minimum absolute atomic E-state index is 0.529. The first-order valence-electron chi connectivity index (χ1n) is 23.4. The van der Waals surface area contributed by atoms with Crippen LogP contribution < -0.4 is 0 Å². The van der Waals surface area contributed by atoms with Gasteiger partial charge in [0.15, 0.2) is 0 Å². The quantitative estimate of drug-likeness (QED) is 0.167. The van der Waals surface area contributed by atoms with Crippen LogP contribution in [0, 0.1) is 22.7 Å². The van der Waals surface area contributed by atoms with Gasteiger partial charge in [0.25, 0.3) is 0 Å². The number of nitrogens with zero attached hydrogens (tertiary/aromatic N) is 6. The fourth-order valence-corrected chi connectivity index (χ4v) is 11.9. The molecule has 0 atom stereocenters. The van der Waals surface area contributed by atoms with Crippen LogP contribution in [0.25, 0.3) is 132 Å². The third-order valence-electron chi connectivity index (χ3n) is 14.9. The molecule has 0 aliphatic rings. The van der Waals surface area contributed by atoms with Gasteiger partial charge in [-0.3, -0.25) is 0 Å². The molecule has 68 heavy (non-hydrogen) atoms. The van der Waals surface area contributed by atoms with E-state index in [1.54, 1.807) is 0 Å². The Morgan fingerprint density at radius 1 is 0.324 bits per heavy atom. The largest absolute Gasteiger partial charge is 0.344 e. The zero-order valence-electron chi connectivity index (χ0n) is 38.3. The van der Waals surface area contributed by atoms with E-state index in [9.17, 15) is 10.5 Å². The lowest BCUT2D eigenvalue weighted by atomic mass is 9.77. The Bertz CT molecular complexity index is 4120. The van der Waals surface area contributed by atoms with Gasteiger partial charge in [-0.1, -0.05) is 97.1 Å². The monoisotopic (exact) mass is 872 g/mol. The zero-order chi connectivity index (χ0) is 45.9. The highest BCUT2D eigenvalue weighted by Crippen LogP contribution is 2.51. The van der Waals surface area contributed by atoms with E-state index in [0.717, 1.165) is 134 Å². The van der Waals surface area contributed by atoms with Crippen LogP contribution in [-0.2, 0) is 27.2 Å². The molecule has 13 aromatic rings. The van der Waals surface area contributed by atoms with Crippen LogP contribution in [0.2, 0.25) is 0 Å². The molecular weight excluding hydrogens is 829 g/mol. The van der Waals surface area contributed by atoms with Gasteiger partial charge in [-0.25, -0.2) is 0 Å². The number of para-hydroxylation sites is 4. The summed E-state index contributed by atoms with van der Waals surface area (Å²) in [6.07, 6.45) is 0. The van der Waals surface area contributed by atoms with Gasteiger partial charge < -0.3 is 18.3 Å². The number of aromatic nitrogens is 4. The second kappa shape index (κ2) is 14.8. The molecule has 6 nitrogen and oxygen atoms in total. The molecule has 0 bridgehead atoms. The SMILES string of the molecule is CCn1c2ccccc2c2cc(-c3c(C#N)c(-c4ccc5c(c4)c4ccccc4n5C)c(-c4ccc5c(c4)c4ccccc4n5C)c(C#N)c3-c3ccc4c(c3)c3ccccc3n4CC)ccc21. The van der Waals surface area contributed by atoms with Gasteiger partial charge in [0.1, 0.15) is 12.1 Å². The molecule has 6 heteroatoms. The summed E-state index contributed by atoms with van der Waals surface area (Å²) in [5, 5.41) is 33.1. The Morgan fingerprint density at radius 2 is 0.574 bits per heavy atom. The maximum Gasteiger partial charge on any atom is 0.100 e. The highest BCUT2D eigenvalue weighted by atomic mass is 15.0. The molecule has 0 N–H and O–H groups in total. The van der Waals surface area contributed by atoms with Crippen molar-refractivity contribution in [2.45, 2.75) is 26.9 Å². The molecule has 0 unspecified atom stereocenters. The highest BCUT2D eigenvalue weighted by Gasteiger charge is 2.30. The molecule has 13 rings (SSSR count). The molecule has 0 aliphatic heterocycles. The zero-order valence-corrected chi connectivity index (χ0v) is 38.3. The molecule has 0 saturated heterocycles. The molecule has 0 amide bonds. The molecule has 322 valence electrons. The minimum atomic E-state index is 0.529. The lowest BCUT2D eigenvalue weighted by Gasteiger charge is -2.23. The summed E-state index contributed by atoms with van der Waals surface area (Å²) in [5.74, 6) is 0. The lowest BCUT2D eigenvalue weighted by molar-refractivity contribution is 0.827. The van der Waals surface area contributed by atoms with E-state index in [4.69, 9.17) is 0 Å². The van der Waals surface area contributed by atoms with Crippen molar-refractivity contribution in [3.8, 4) is 56.6 Å². The number of hydrogen-bond acceptors (Lipinski definition) is 2. The van der Waals surface area contributed by atoms with Crippen molar-refractivity contribution in [2.24, 2.45) is 14.1 Å². The molecule has 0 aliphatic carbocycles. The Balaban J connectivity index is 1.23. The van der Waals surface area contributed by atoms with Crippen LogP contribution in [-0.4, -0.2) is 18.3 Å². The van der Waals surface area contributed by atoms with Gasteiger partial charge in [-0.15, -0.1) is 0 Å². The molecule has 0 saturated carbocycles. The highest BCUT2D eigenvalue weighted by molar-refractivity contribution is 6.16. The van der Waals surface area contributed by atoms with Gasteiger partial charge in [0.05, 0.1) is 11.1 Å². The molecule has 0 fully saturated rings. The van der Waals surface area contributed by atoms with E-state index in [2.05, 4.69) is 228 Å². The molecule has 9 aromatic carbocycles. The fourth-order valence-electron chi connectivity index (χ4n) is 11.9. The van der Waals surface area contributed by atoms with Crippen LogP contribution in [0.4, 0.5) is 0 Å². The first-order valence-corrected chi connectivity index (χ1v) is 23.4. The van der Waals surface area contributed by atoms with Crippen LogP contribution >= 0.6 is 0 Å². The van der Waals surface area contributed by atoms with Crippen molar-refractivity contribution in [1.29, 1.82) is 10.5 Å². The number of rotatable bonds is 6. The van der Waals surface area contributed by atoms with Gasteiger partial charge >= 0.3 is 0 Å². The molecule has 4 aromatic heterocycles. The number of nitriles is 2. The van der Waals surface area contributed by atoms with E-state index >= 15 is 0 Å². The number of fused-ring (bicyclic) bond motifs is 12. The number of aryl methyl sites for hydroxylation is 4.